The van der Waals surface area contributed by atoms with Crippen LogP contribution in [0.5, 0.6) is 10.8 Å². The molecule has 3 aliphatic heterocycles. The second-order valence-corrected chi connectivity index (χ2v) is 10.4. The number of carbonyl (C=O) groups excluding carboxylic acids is 1. The molecule has 35 heavy (non-hydrogen) atoms. The van der Waals surface area contributed by atoms with Crippen molar-refractivity contribution in [2.75, 3.05) is 84.2 Å². The van der Waals surface area contributed by atoms with Crippen molar-refractivity contribution in [1.82, 2.24) is 14.7 Å². The smallest absolute Gasteiger partial charge is 0.320 e. The Morgan fingerprint density at radius 1 is 1.00 bits per heavy atom. The predicted molar refractivity (Wildman–Crippen MR) is 138 cm³/mol. The molecule has 0 radical (unpaired) electrons. The molecule has 9 heteroatoms. The fourth-order valence-electron chi connectivity index (χ4n) is 4.97. The lowest BCUT2D eigenvalue weighted by atomic mass is 10.1. The minimum absolute atomic E-state index is 0.157. The summed E-state index contributed by atoms with van der Waals surface area (Å²) in [6.07, 6.45) is 1.93. The summed E-state index contributed by atoms with van der Waals surface area (Å²) < 4.78 is 16.7. The van der Waals surface area contributed by atoms with Crippen molar-refractivity contribution in [2.24, 2.45) is 0 Å². The van der Waals surface area contributed by atoms with Gasteiger partial charge in [0.2, 0.25) is 0 Å². The Morgan fingerprint density at radius 3 is 2.51 bits per heavy atom. The van der Waals surface area contributed by atoms with E-state index in [2.05, 4.69) is 28.0 Å². The van der Waals surface area contributed by atoms with Crippen LogP contribution in [0.3, 0.4) is 0 Å². The number of carbonyl (C=O) groups is 1. The van der Waals surface area contributed by atoms with Crippen molar-refractivity contribution in [2.45, 2.75) is 19.4 Å². The minimum Gasteiger partial charge on any atom is -0.497 e. The summed E-state index contributed by atoms with van der Waals surface area (Å²) in [5.74, 6) is 0.863. The van der Waals surface area contributed by atoms with Crippen LogP contribution in [0.2, 0.25) is 0 Å². The molecule has 0 atom stereocenters. The summed E-state index contributed by atoms with van der Waals surface area (Å²) >= 11 is 1.75. The normalized spacial score (nSPS) is 18.9. The van der Waals surface area contributed by atoms with E-state index in [1.54, 1.807) is 18.4 Å². The van der Waals surface area contributed by atoms with E-state index in [4.69, 9.17) is 14.2 Å². The number of rotatable bonds is 7. The maximum atomic E-state index is 13.2. The fraction of sp³-hybridized carbons (Fsp3) is 0.577. The molecule has 2 amide bonds. The number of nitrogens with zero attached hydrogens (tertiary/aromatic N) is 4. The van der Waals surface area contributed by atoms with E-state index < -0.39 is 0 Å². The third-order valence-corrected chi connectivity index (χ3v) is 8.22. The number of anilines is 1. The second-order valence-electron chi connectivity index (χ2n) is 9.30. The van der Waals surface area contributed by atoms with Crippen molar-refractivity contribution < 1.29 is 19.0 Å². The molecule has 1 aromatic carbocycles. The molecule has 5 rings (SSSR count). The Hall–Kier alpha value is -2.49. The Bertz CT molecular complexity index is 968. The zero-order chi connectivity index (χ0) is 24.0. The lowest BCUT2D eigenvalue weighted by Crippen LogP contribution is -2.53. The first-order valence-electron chi connectivity index (χ1n) is 12.7. The summed E-state index contributed by atoms with van der Waals surface area (Å²) in [5.41, 5.74) is 2.42. The molecule has 4 heterocycles. The van der Waals surface area contributed by atoms with Gasteiger partial charge in [0.15, 0.2) is 5.06 Å². The molecule has 8 nitrogen and oxygen atoms in total. The van der Waals surface area contributed by atoms with Gasteiger partial charge in [-0.15, -0.1) is 11.3 Å². The number of piperazine rings is 1. The third kappa shape index (κ3) is 6.02. The van der Waals surface area contributed by atoms with E-state index in [0.29, 0.717) is 6.54 Å². The Labute approximate surface area is 211 Å². The summed E-state index contributed by atoms with van der Waals surface area (Å²) in [7, 11) is 1.68. The highest BCUT2D eigenvalue weighted by molar-refractivity contribution is 7.14. The second kappa shape index (κ2) is 11.5. The molecule has 2 saturated heterocycles. The predicted octanol–water partition coefficient (Wildman–Crippen LogP) is 3.16. The number of urea groups is 1. The van der Waals surface area contributed by atoms with E-state index in [1.165, 1.54) is 16.1 Å². The zero-order valence-electron chi connectivity index (χ0n) is 20.6. The van der Waals surface area contributed by atoms with Gasteiger partial charge in [-0.3, -0.25) is 4.90 Å². The van der Waals surface area contributed by atoms with Crippen LogP contribution in [0.4, 0.5) is 10.5 Å². The van der Waals surface area contributed by atoms with E-state index in [1.807, 2.05) is 21.9 Å². The van der Waals surface area contributed by atoms with Gasteiger partial charge >= 0.3 is 6.03 Å². The van der Waals surface area contributed by atoms with Crippen molar-refractivity contribution in [1.29, 1.82) is 0 Å². The van der Waals surface area contributed by atoms with Crippen molar-refractivity contribution in [3.63, 3.8) is 0 Å². The van der Waals surface area contributed by atoms with Gasteiger partial charge < -0.3 is 28.9 Å². The summed E-state index contributed by atoms with van der Waals surface area (Å²) in [6, 6.07) is 10.4. The minimum atomic E-state index is 0.157. The number of methoxy groups -OCH3 is 1. The number of amides is 2. The molecule has 1 aromatic heterocycles. The lowest BCUT2D eigenvalue weighted by molar-refractivity contribution is 0.0358. The molecule has 2 aromatic rings. The van der Waals surface area contributed by atoms with Crippen LogP contribution in [0.1, 0.15) is 16.9 Å². The van der Waals surface area contributed by atoms with Gasteiger partial charge in [0, 0.05) is 69.5 Å². The quantitative estimate of drug-likeness (QED) is 0.545. The third-order valence-electron chi connectivity index (χ3n) is 7.07. The number of hydrogen-bond donors (Lipinski definition) is 0. The lowest BCUT2D eigenvalue weighted by Gasteiger charge is -2.39. The Balaban J connectivity index is 1.07. The van der Waals surface area contributed by atoms with Crippen LogP contribution >= 0.6 is 11.3 Å². The van der Waals surface area contributed by atoms with Gasteiger partial charge in [-0.2, -0.15) is 0 Å². The van der Waals surface area contributed by atoms with E-state index in [9.17, 15) is 4.79 Å². The highest BCUT2D eigenvalue weighted by Crippen LogP contribution is 2.34. The standard InChI is InChI=1S/C26H36N4O4S/c1-32-23-5-3-22(4-6-23)28-10-12-29(13-11-28)26(31)30-9-7-24-21(20-30)19-25(35-24)34-16-2-8-27-14-17-33-18-15-27/h3-6,19H,2,7-18,20H2,1H3. The number of morpholine rings is 1. The molecule has 190 valence electrons. The largest absolute Gasteiger partial charge is 0.497 e. The Kier molecular flexibility index (Phi) is 7.95. The molecule has 0 N–H and O–H groups in total. The average Bonchev–Trinajstić information content (AvgIpc) is 3.33. The maximum absolute atomic E-state index is 13.2. The Morgan fingerprint density at radius 2 is 1.77 bits per heavy atom. The molecule has 0 spiro atoms. The number of thiophene rings is 1. The summed E-state index contributed by atoms with van der Waals surface area (Å²) in [4.78, 5) is 23.4. The first-order valence-corrected chi connectivity index (χ1v) is 13.5. The zero-order valence-corrected chi connectivity index (χ0v) is 21.4. The molecular weight excluding hydrogens is 464 g/mol. The number of ether oxygens (including phenoxy) is 3. The van der Waals surface area contributed by atoms with Gasteiger partial charge in [0.05, 0.1) is 26.9 Å². The number of benzene rings is 1. The van der Waals surface area contributed by atoms with Crippen molar-refractivity contribution in [3.8, 4) is 10.8 Å². The molecular formula is C26H36N4O4S. The van der Waals surface area contributed by atoms with Gasteiger partial charge in [0.1, 0.15) is 5.75 Å². The topological polar surface area (TPSA) is 57.7 Å². The number of fused-ring (bicyclic) bond motifs is 1. The van der Waals surface area contributed by atoms with Crippen LogP contribution in [-0.4, -0.2) is 100 Å². The first-order chi connectivity index (χ1) is 17.2. The van der Waals surface area contributed by atoms with Gasteiger partial charge in [-0.1, -0.05) is 0 Å². The van der Waals surface area contributed by atoms with Crippen LogP contribution < -0.4 is 14.4 Å². The van der Waals surface area contributed by atoms with Gasteiger partial charge in [-0.05, 0) is 48.7 Å². The van der Waals surface area contributed by atoms with E-state index in [-0.39, 0.29) is 6.03 Å². The first kappa shape index (κ1) is 24.2. The average molecular weight is 501 g/mol. The molecule has 0 bridgehead atoms. The summed E-state index contributed by atoms with van der Waals surface area (Å²) in [5, 5.41) is 0.986. The highest BCUT2D eigenvalue weighted by atomic mass is 32.1. The maximum Gasteiger partial charge on any atom is 0.320 e. The SMILES string of the molecule is COc1ccc(N2CCN(C(=O)N3CCc4sc(OCCCN5CCOCC5)cc4C3)CC2)cc1. The van der Waals surface area contributed by atoms with E-state index in [0.717, 1.165) is 95.8 Å². The molecule has 3 aliphatic rings. The van der Waals surface area contributed by atoms with Crippen LogP contribution in [0.25, 0.3) is 0 Å². The van der Waals surface area contributed by atoms with Crippen LogP contribution in [0.15, 0.2) is 30.3 Å². The number of hydrogen-bond acceptors (Lipinski definition) is 7. The van der Waals surface area contributed by atoms with Crippen molar-refractivity contribution >= 4 is 23.1 Å². The highest BCUT2D eigenvalue weighted by Gasteiger charge is 2.29. The van der Waals surface area contributed by atoms with Gasteiger partial charge in [-0.25, -0.2) is 4.79 Å². The molecule has 0 saturated carbocycles. The fourth-order valence-corrected chi connectivity index (χ4v) is 6.01. The van der Waals surface area contributed by atoms with Crippen LogP contribution in [-0.2, 0) is 17.7 Å². The molecule has 2 fully saturated rings. The molecule has 0 unspecified atom stereocenters. The van der Waals surface area contributed by atoms with Crippen LogP contribution in [0, 0.1) is 0 Å². The van der Waals surface area contributed by atoms with Crippen molar-refractivity contribution in [3.05, 3.63) is 40.8 Å². The monoisotopic (exact) mass is 500 g/mol. The molecule has 0 aliphatic carbocycles. The van der Waals surface area contributed by atoms with E-state index >= 15 is 0 Å². The summed E-state index contributed by atoms with van der Waals surface area (Å²) in [6.45, 7) is 10.2. The van der Waals surface area contributed by atoms with Gasteiger partial charge in [0.25, 0.3) is 0 Å².